The van der Waals surface area contributed by atoms with E-state index in [1.54, 1.807) is 4.90 Å². The summed E-state index contributed by atoms with van der Waals surface area (Å²) in [5.41, 5.74) is 3.03. The number of pyridine rings is 1. The van der Waals surface area contributed by atoms with Gasteiger partial charge in [0.1, 0.15) is 0 Å². The summed E-state index contributed by atoms with van der Waals surface area (Å²) in [7, 11) is 0. The number of hydrogen-bond acceptors (Lipinski definition) is 2. The SMILES string of the molecule is CCCCN(Cc1cc2cccc(C)c2[nH]c1=O)C(=O)c1ccccc1. The Morgan fingerprint density at radius 1 is 1.08 bits per heavy atom. The van der Waals surface area contributed by atoms with Gasteiger partial charge in [-0.15, -0.1) is 0 Å². The molecule has 0 unspecified atom stereocenters. The molecule has 3 aromatic rings. The predicted octanol–water partition coefficient (Wildman–Crippen LogP) is 4.28. The summed E-state index contributed by atoms with van der Waals surface area (Å²) >= 11 is 0. The van der Waals surface area contributed by atoms with Crippen LogP contribution in [0.4, 0.5) is 0 Å². The number of fused-ring (bicyclic) bond motifs is 1. The standard InChI is InChI=1S/C22H24N2O2/c1-3-4-13-24(22(26)17-10-6-5-7-11-17)15-19-14-18-12-8-9-16(2)20(18)23-21(19)25/h5-12,14H,3-4,13,15H2,1-2H3,(H,23,25). The number of amides is 1. The Kier molecular flexibility index (Phi) is 5.52. The molecular formula is C22H24N2O2. The number of para-hydroxylation sites is 1. The van der Waals surface area contributed by atoms with Gasteiger partial charge in [-0.1, -0.05) is 49.7 Å². The lowest BCUT2D eigenvalue weighted by atomic mass is 10.1. The molecule has 0 fully saturated rings. The number of rotatable bonds is 6. The van der Waals surface area contributed by atoms with E-state index in [0.29, 0.717) is 24.2 Å². The Hall–Kier alpha value is -2.88. The molecule has 1 amide bonds. The topological polar surface area (TPSA) is 53.2 Å². The number of unbranched alkanes of at least 4 members (excludes halogenated alkanes) is 1. The Balaban J connectivity index is 1.94. The van der Waals surface area contributed by atoms with Crippen molar-refractivity contribution >= 4 is 16.8 Å². The second-order valence-corrected chi connectivity index (χ2v) is 6.61. The highest BCUT2D eigenvalue weighted by molar-refractivity contribution is 5.94. The van der Waals surface area contributed by atoms with Crippen LogP contribution in [-0.2, 0) is 6.54 Å². The van der Waals surface area contributed by atoms with Crippen LogP contribution in [0.5, 0.6) is 0 Å². The van der Waals surface area contributed by atoms with E-state index in [0.717, 1.165) is 29.3 Å². The minimum Gasteiger partial charge on any atom is -0.334 e. The second-order valence-electron chi connectivity index (χ2n) is 6.61. The Bertz CT molecular complexity index is 961. The smallest absolute Gasteiger partial charge is 0.254 e. The largest absolute Gasteiger partial charge is 0.334 e. The number of benzene rings is 2. The molecule has 26 heavy (non-hydrogen) atoms. The van der Waals surface area contributed by atoms with Crippen molar-refractivity contribution in [2.24, 2.45) is 0 Å². The maximum atomic E-state index is 12.9. The fourth-order valence-corrected chi connectivity index (χ4v) is 3.12. The average Bonchev–Trinajstić information content (AvgIpc) is 2.66. The number of H-pyrrole nitrogens is 1. The van der Waals surface area contributed by atoms with E-state index < -0.39 is 0 Å². The number of carbonyl (C=O) groups is 1. The Morgan fingerprint density at radius 3 is 2.58 bits per heavy atom. The molecule has 0 saturated carbocycles. The maximum absolute atomic E-state index is 12.9. The molecule has 0 bridgehead atoms. The van der Waals surface area contributed by atoms with Crippen LogP contribution < -0.4 is 5.56 Å². The van der Waals surface area contributed by atoms with Gasteiger partial charge in [0.05, 0.1) is 12.1 Å². The quantitative estimate of drug-likeness (QED) is 0.723. The van der Waals surface area contributed by atoms with Crippen LogP contribution in [0.3, 0.4) is 0 Å². The number of aryl methyl sites for hydroxylation is 1. The highest BCUT2D eigenvalue weighted by Crippen LogP contribution is 2.17. The summed E-state index contributed by atoms with van der Waals surface area (Å²) in [6, 6.07) is 17.1. The molecule has 0 spiro atoms. The lowest BCUT2D eigenvalue weighted by molar-refractivity contribution is 0.0740. The third-order valence-electron chi connectivity index (χ3n) is 4.62. The summed E-state index contributed by atoms with van der Waals surface area (Å²) in [5.74, 6) is -0.0391. The van der Waals surface area contributed by atoms with E-state index in [1.165, 1.54) is 0 Å². The number of nitrogens with one attached hydrogen (secondary N) is 1. The molecule has 134 valence electrons. The molecule has 1 aromatic heterocycles. The molecule has 3 rings (SSSR count). The third kappa shape index (κ3) is 3.85. The van der Waals surface area contributed by atoms with E-state index in [2.05, 4.69) is 11.9 Å². The molecule has 4 heteroatoms. The molecule has 1 N–H and O–H groups in total. The van der Waals surface area contributed by atoms with Crippen molar-refractivity contribution in [1.29, 1.82) is 0 Å². The van der Waals surface area contributed by atoms with Gasteiger partial charge in [0.15, 0.2) is 0 Å². The molecule has 0 saturated heterocycles. The summed E-state index contributed by atoms with van der Waals surface area (Å²) in [6.07, 6.45) is 1.90. The monoisotopic (exact) mass is 348 g/mol. The first kappa shape index (κ1) is 17.9. The van der Waals surface area contributed by atoms with Crippen LogP contribution in [0.2, 0.25) is 0 Å². The van der Waals surface area contributed by atoms with E-state index in [-0.39, 0.29) is 11.5 Å². The van der Waals surface area contributed by atoms with Gasteiger partial charge in [0.25, 0.3) is 11.5 Å². The third-order valence-corrected chi connectivity index (χ3v) is 4.62. The normalized spacial score (nSPS) is 10.8. The molecule has 2 aromatic carbocycles. The Labute approximate surface area is 153 Å². The molecule has 0 aliphatic carbocycles. The zero-order valence-corrected chi connectivity index (χ0v) is 15.3. The molecule has 0 aliphatic rings. The van der Waals surface area contributed by atoms with Gasteiger partial charge in [-0.05, 0) is 42.5 Å². The number of aromatic nitrogens is 1. The van der Waals surface area contributed by atoms with Crippen molar-refractivity contribution in [3.63, 3.8) is 0 Å². The van der Waals surface area contributed by atoms with Crippen LogP contribution in [0.25, 0.3) is 10.9 Å². The van der Waals surface area contributed by atoms with Crippen LogP contribution in [0.15, 0.2) is 59.4 Å². The van der Waals surface area contributed by atoms with Gasteiger partial charge in [-0.2, -0.15) is 0 Å². The first-order valence-corrected chi connectivity index (χ1v) is 9.06. The minimum absolute atomic E-state index is 0.0391. The van der Waals surface area contributed by atoms with Gasteiger partial charge in [-0.3, -0.25) is 9.59 Å². The molecule has 4 nitrogen and oxygen atoms in total. The average molecular weight is 348 g/mol. The molecule has 1 heterocycles. The van der Waals surface area contributed by atoms with E-state index in [4.69, 9.17) is 0 Å². The summed E-state index contributed by atoms with van der Waals surface area (Å²) in [6.45, 7) is 5.02. The van der Waals surface area contributed by atoms with Gasteiger partial charge >= 0.3 is 0 Å². The van der Waals surface area contributed by atoms with Crippen molar-refractivity contribution in [2.45, 2.75) is 33.2 Å². The van der Waals surface area contributed by atoms with Gasteiger partial charge < -0.3 is 9.88 Å². The van der Waals surface area contributed by atoms with E-state index in [9.17, 15) is 9.59 Å². The number of nitrogens with zero attached hydrogens (tertiary/aromatic N) is 1. The fraction of sp³-hybridized carbons (Fsp3) is 0.273. The molecule has 0 radical (unpaired) electrons. The first-order valence-electron chi connectivity index (χ1n) is 9.06. The van der Waals surface area contributed by atoms with Crippen molar-refractivity contribution in [3.8, 4) is 0 Å². The second kappa shape index (κ2) is 8.00. The predicted molar refractivity (Wildman–Crippen MR) is 105 cm³/mol. The summed E-state index contributed by atoms with van der Waals surface area (Å²) in [4.78, 5) is 30.2. The van der Waals surface area contributed by atoms with Crippen molar-refractivity contribution in [2.75, 3.05) is 6.54 Å². The zero-order chi connectivity index (χ0) is 18.5. The van der Waals surface area contributed by atoms with Crippen molar-refractivity contribution < 1.29 is 4.79 Å². The number of hydrogen-bond donors (Lipinski definition) is 1. The summed E-state index contributed by atoms with van der Waals surface area (Å²) in [5, 5.41) is 0.988. The highest BCUT2D eigenvalue weighted by Gasteiger charge is 2.17. The van der Waals surface area contributed by atoms with Gasteiger partial charge in [0.2, 0.25) is 0 Å². The van der Waals surface area contributed by atoms with Crippen molar-refractivity contribution in [1.82, 2.24) is 9.88 Å². The van der Waals surface area contributed by atoms with Crippen LogP contribution >= 0.6 is 0 Å². The van der Waals surface area contributed by atoms with Crippen LogP contribution in [-0.4, -0.2) is 22.3 Å². The van der Waals surface area contributed by atoms with Crippen LogP contribution in [0, 0.1) is 6.92 Å². The van der Waals surface area contributed by atoms with Gasteiger partial charge in [0, 0.05) is 17.7 Å². The fourth-order valence-electron chi connectivity index (χ4n) is 3.12. The molecular weight excluding hydrogens is 324 g/mol. The zero-order valence-electron chi connectivity index (χ0n) is 15.3. The summed E-state index contributed by atoms with van der Waals surface area (Å²) < 4.78 is 0. The lowest BCUT2D eigenvalue weighted by Gasteiger charge is -2.22. The Morgan fingerprint density at radius 2 is 1.85 bits per heavy atom. The number of aromatic amines is 1. The number of carbonyl (C=O) groups excluding carboxylic acids is 1. The van der Waals surface area contributed by atoms with Crippen molar-refractivity contribution in [3.05, 3.63) is 81.6 Å². The van der Waals surface area contributed by atoms with Gasteiger partial charge in [-0.25, -0.2) is 0 Å². The lowest BCUT2D eigenvalue weighted by Crippen LogP contribution is -2.33. The maximum Gasteiger partial charge on any atom is 0.254 e. The van der Waals surface area contributed by atoms with E-state index in [1.807, 2.05) is 61.5 Å². The highest BCUT2D eigenvalue weighted by atomic mass is 16.2. The molecule has 0 aliphatic heterocycles. The van der Waals surface area contributed by atoms with Crippen LogP contribution in [0.1, 0.15) is 41.3 Å². The minimum atomic E-state index is -0.130. The molecule has 0 atom stereocenters. The van der Waals surface area contributed by atoms with E-state index >= 15 is 0 Å². The first-order chi connectivity index (χ1) is 12.6.